The van der Waals surface area contributed by atoms with E-state index in [1.165, 1.54) is 0 Å². The maximum Gasteiger partial charge on any atom is 0.241 e. The van der Waals surface area contributed by atoms with Crippen LogP contribution in [0.3, 0.4) is 0 Å². The quantitative estimate of drug-likeness (QED) is 0.373. The number of nitrogens with two attached hydrogens (primary N) is 2. The second kappa shape index (κ2) is 6.86. The van der Waals surface area contributed by atoms with E-state index in [0.717, 1.165) is 11.1 Å². The molecule has 1 aromatic rings. The molecule has 0 saturated carbocycles. The molecule has 1 atom stereocenters. The SMILES string of the molecule is CC(C(=O)NN)c1ccc(CN(C)CC(N)=O)cc1. The highest BCUT2D eigenvalue weighted by Crippen LogP contribution is 2.16. The highest BCUT2D eigenvalue weighted by molar-refractivity contribution is 5.82. The summed E-state index contributed by atoms with van der Waals surface area (Å²) in [6, 6.07) is 7.61. The van der Waals surface area contributed by atoms with Crippen molar-refractivity contribution in [1.29, 1.82) is 0 Å². The predicted octanol–water partition coefficient (Wildman–Crippen LogP) is -0.303. The van der Waals surface area contributed by atoms with E-state index < -0.39 is 0 Å². The summed E-state index contributed by atoms with van der Waals surface area (Å²) in [6.07, 6.45) is 0. The second-order valence-electron chi connectivity index (χ2n) is 4.61. The Labute approximate surface area is 112 Å². The van der Waals surface area contributed by atoms with E-state index in [-0.39, 0.29) is 24.3 Å². The zero-order valence-electron chi connectivity index (χ0n) is 11.2. The number of hydrogen-bond donors (Lipinski definition) is 3. The number of hydrogen-bond acceptors (Lipinski definition) is 4. The van der Waals surface area contributed by atoms with E-state index in [4.69, 9.17) is 11.6 Å². The molecule has 0 radical (unpaired) electrons. The first-order chi connectivity index (χ1) is 8.93. The lowest BCUT2D eigenvalue weighted by Crippen LogP contribution is -2.33. The number of carbonyl (C=O) groups excluding carboxylic acids is 2. The minimum atomic E-state index is -0.354. The maximum absolute atomic E-state index is 11.4. The average molecular weight is 264 g/mol. The third kappa shape index (κ3) is 4.69. The van der Waals surface area contributed by atoms with Crippen molar-refractivity contribution in [3.05, 3.63) is 35.4 Å². The summed E-state index contributed by atoms with van der Waals surface area (Å²) in [5, 5.41) is 0. The van der Waals surface area contributed by atoms with Gasteiger partial charge < -0.3 is 5.73 Å². The van der Waals surface area contributed by atoms with Crippen molar-refractivity contribution in [2.24, 2.45) is 11.6 Å². The number of nitrogens with zero attached hydrogens (tertiary/aromatic N) is 1. The Morgan fingerprint density at radius 1 is 1.32 bits per heavy atom. The average Bonchev–Trinajstić information content (AvgIpc) is 2.36. The van der Waals surface area contributed by atoms with Crippen molar-refractivity contribution >= 4 is 11.8 Å². The Balaban J connectivity index is 2.66. The van der Waals surface area contributed by atoms with Crippen LogP contribution in [0, 0.1) is 0 Å². The van der Waals surface area contributed by atoms with Crippen molar-refractivity contribution in [3.8, 4) is 0 Å². The third-order valence-electron chi connectivity index (χ3n) is 2.89. The van der Waals surface area contributed by atoms with Gasteiger partial charge in [-0.2, -0.15) is 0 Å². The summed E-state index contributed by atoms with van der Waals surface area (Å²) in [7, 11) is 1.82. The fourth-order valence-electron chi connectivity index (χ4n) is 1.82. The van der Waals surface area contributed by atoms with E-state index in [1.807, 2.05) is 36.2 Å². The molecule has 2 amide bonds. The largest absolute Gasteiger partial charge is 0.369 e. The molecular formula is C13H20N4O2. The Kier molecular flexibility index (Phi) is 5.47. The normalized spacial score (nSPS) is 12.2. The minimum absolute atomic E-state index is 0.216. The summed E-state index contributed by atoms with van der Waals surface area (Å²) in [6.45, 7) is 2.63. The van der Waals surface area contributed by atoms with Crippen molar-refractivity contribution < 1.29 is 9.59 Å². The van der Waals surface area contributed by atoms with E-state index in [2.05, 4.69) is 5.43 Å². The number of hydrazine groups is 1. The molecule has 1 unspecified atom stereocenters. The van der Waals surface area contributed by atoms with Crippen LogP contribution in [0.1, 0.15) is 24.0 Å². The van der Waals surface area contributed by atoms with Crippen LogP contribution in [0.4, 0.5) is 0 Å². The summed E-state index contributed by atoms with van der Waals surface area (Å²) < 4.78 is 0. The topological polar surface area (TPSA) is 101 Å². The molecule has 0 heterocycles. The molecule has 1 aromatic carbocycles. The van der Waals surface area contributed by atoms with Gasteiger partial charge in [-0.25, -0.2) is 5.84 Å². The first-order valence-corrected chi connectivity index (χ1v) is 6.00. The zero-order chi connectivity index (χ0) is 14.4. The smallest absolute Gasteiger partial charge is 0.241 e. The lowest BCUT2D eigenvalue weighted by Gasteiger charge is -2.15. The standard InChI is InChI=1S/C13H20N4O2/c1-9(13(19)16-15)11-5-3-10(4-6-11)7-17(2)8-12(14)18/h3-6,9H,7-8,15H2,1-2H3,(H2,14,18)(H,16,19). The van der Waals surface area contributed by atoms with Crippen LogP contribution in [0.5, 0.6) is 0 Å². The van der Waals surface area contributed by atoms with Crippen LogP contribution in [-0.4, -0.2) is 30.3 Å². The van der Waals surface area contributed by atoms with Crippen molar-refractivity contribution in [2.75, 3.05) is 13.6 Å². The molecule has 5 N–H and O–H groups in total. The van der Waals surface area contributed by atoms with Crippen LogP contribution in [0.2, 0.25) is 0 Å². The van der Waals surface area contributed by atoms with Gasteiger partial charge in [-0.3, -0.25) is 19.9 Å². The fourth-order valence-corrected chi connectivity index (χ4v) is 1.82. The van der Waals surface area contributed by atoms with Gasteiger partial charge in [0.2, 0.25) is 11.8 Å². The van der Waals surface area contributed by atoms with E-state index in [1.54, 1.807) is 6.92 Å². The molecule has 104 valence electrons. The molecule has 0 aromatic heterocycles. The summed E-state index contributed by atoms with van der Waals surface area (Å²) >= 11 is 0. The first-order valence-electron chi connectivity index (χ1n) is 6.00. The van der Waals surface area contributed by atoms with Crippen LogP contribution in [0.15, 0.2) is 24.3 Å². The molecule has 0 aliphatic carbocycles. The first kappa shape index (κ1) is 15.1. The van der Waals surface area contributed by atoms with Gasteiger partial charge in [-0.05, 0) is 25.1 Å². The molecule has 6 heteroatoms. The van der Waals surface area contributed by atoms with Gasteiger partial charge in [-0.1, -0.05) is 24.3 Å². The van der Waals surface area contributed by atoms with Gasteiger partial charge in [0.1, 0.15) is 0 Å². The molecule has 1 rings (SSSR count). The molecule has 0 spiro atoms. The lowest BCUT2D eigenvalue weighted by molar-refractivity contribution is -0.122. The van der Waals surface area contributed by atoms with Gasteiger partial charge in [0.05, 0.1) is 12.5 Å². The van der Waals surface area contributed by atoms with Crippen LogP contribution in [0.25, 0.3) is 0 Å². The van der Waals surface area contributed by atoms with Gasteiger partial charge in [-0.15, -0.1) is 0 Å². The van der Waals surface area contributed by atoms with Crippen molar-refractivity contribution in [1.82, 2.24) is 10.3 Å². The number of rotatable bonds is 6. The Hall–Kier alpha value is -1.92. The maximum atomic E-state index is 11.4. The number of carbonyl (C=O) groups is 2. The molecule has 0 aliphatic heterocycles. The van der Waals surface area contributed by atoms with Crippen LogP contribution in [-0.2, 0) is 16.1 Å². The number of nitrogens with one attached hydrogen (secondary N) is 1. The highest BCUT2D eigenvalue weighted by atomic mass is 16.2. The lowest BCUT2D eigenvalue weighted by atomic mass is 9.99. The van der Waals surface area contributed by atoms with Gasteiger partial charge in [0.15, 0.2) is 0 Å². The molecule has 0 bridgehead atoms. The molecule has 0 aliphatic rings. The monoisotopic (exact) mass is 264 g/mol. The Morgan fingerprint density at radius 3 is 2.37 bits per heavy atom. The molecule has 19 heavy (non-hydrogen) atoms. The highest BCUT2D eigenvalue weighted by Gasteiger charge is 2.13. The summed E-state index contributed by atoms with van der Waals surface area (Å²) in [5.41, 5.74) is 9.20. The van der Waals surface area contributed by atoms with Crippen LogP contribution < -0.4 is 17.0 Å². The molecule has 0 fully saturated rings. The second-order valence-corrected chi connectivity index (χ2v) is 4.61. The molecular weight excluding hydrogens is 244 g/mol. The van der Waals surface area contributed by atoms with Gasteiger partial charge in [0.25, 0.3) is 0 Å². The van der Waals surface area contributed by atoms with E-state index >= 15 is 0 Å². The van der Waals surface area contributed by atoms with E-state index in [0.29, 0.717) is 6.54 Å². The van der Waals surface area contributed by atoms with Crippen LogP contribution >= 0.6 is 0 Å². The Bertz CT molecular complexity index is 444. The minimum Gasteiger partial charge on any atom is -0.369 e. The van der Waals surface area contributed by atoms with Gasteiger partial charge in [0, 0.05) is 6.54 Å². The third-order valence-corrected chi connectivity index (χ3v) is 2.89. The molecule has 0 saturated heterocycles. The summed E-state index contributed by atoms with van der Waals surface area (Å²) in [5.74, 6) is 4.24. The molecule has 6 nitrogen and oxygen atoms in total. The zero-order valence-corrected chi connectivity index (χ0v) is 11.2. The number of primary amides is 1. The predicted molar refractivity (Wildman–Crippen MR) is 72.7 cm³/mol. The van der Waals surface area contributed by atoms with Crippen molar-refractivity contribution in [3.63, 3.8) is 0 Å². The number of amides is 2. The summed E-state index contributed by atoms with van der Waals surface area (Å²) in [4.78, 5) is 24.0. The van der Waals surface area contributed by atoms with Crippen molar-refractivity contribution in [2.45, 2.75) is 19.4 Å². The number of benzene rings is 1. The Morgan fingerprint density at radius 2 is 1.89 bits per heavy atom. The van der Waals surface area contributed by atoms with E-state index in [9.17, 15) is 9.59 Å². The fraction of sp³-hybridized carbons (Fsp3) is 0.385. The van der Waals surface area contributed by atoms with Gasteiger partial charge >= 0.3 is 0 Å². The number of likely N-dealkylation sites (N-methyl/N-ethyl adjacent to an activating group) is 1.